The molecule has 166 valence electrons. The molecule has 3 aromatic heterocycles. The number of pyridine rings is 2. The standard InChI is InChI=1S/C27H27N5S/c1-18-7-6-8-22(15-18)32-26(25(30-27(32)33)24-9-4-5-12-29-24)23-16-19(2)31(20(23)3)17-21-10-13-28-14-11-21/h4-16,25-26H,17H2,1-3H3,(H,30,33). The van der Waals surface area contributed by atoms with Crippen LogP contribution in [0.25, 0.3) is 0 Å². The zero-order valence-electron chi connectivity index (χ0n) is 19.1. The molecule has 1 aliphatic rings. The molecular weight excluding hydrogens is 426 g/mol. The van der Waals surface area contributed by atoms with E-state index in [1.165, 1.54) is 28.1 Å². The molecule has 0 spiro atoms. The lowest BCUT2D eigenvalue weighted by Crippen LogP contribution is -2.29. The zero-order valence-corrected chi connectivity index (χ0v) is 19.9. The summed E-state index contributed by atoms with van der Waals surface area (Å²) < 4.78 is 2.37. The molecule has 1 aromatic carbocycles. The van der Waals surface area contributed by atoms with Gasteiger partial charge < -0.3 is 14.8 Å². The van der Waals surface area contributed by atoms with E-state index >= 15 is 0 Å². The number of nitrogens with one attached hydrogen (secondary N) is 1. The summed E-state index contributed by atoms with van der Waals surface area (Å²) >= 11 is 5.88. The van der Waals surface area contributed by atoms with Gasteiger partial charge in [0.15, 0.2) is 5.11 Å². The highest BCUT2D eigenvalue weighted by molar-refractivity contribution is 7.80. The van der Waals surface area contributed by atoms with Gasteiger partial charge in [0, 0.05) is 42.2 Å². The molecule has 0 bridgehead atoms. The maximum atomic E-state index is 5.88. The fourth-order valence-electron chi connectivity index (χ4n) is 4.77. The van der Waals surface area contributed by atoms with Crippen molar-refractivity contribution in [2.45, 2.75) is 39.4 Å². The first-order chi connectivity index (χ1) is 16.0. The summed E-state index contributed by atoms with van der Waals surface area (Å²) in [7, 11) is 0. The lowest BCUT2D eigenvalue weighted by molar-refractivity contribution is 0.563. The average molecular weight is 454 g/mol. The van der Waals surface area contributed by atoms with Gasteiger partial charge in [0.25, 0.3) is 0 Å². The van der Waals surface area contributed by atoms with Crippen LogP contribution in [0.4, 0.5) is 5.69 Å². The van der Waals surface area contributed by atoms with Crippen LogP contribution in [0.3, 0.4) is 0 Å². The van der Waals surface area contributed by atoms with E-state index < -0.39 is 0 Å². The quantitative estimate of drug-likeness (QED) is 0.408. The van der Waals surface area contributed by atoms with Gasteiger partial charge in [0.2, 0.25) is 0 Å². The van der Waals surface area contributed by atoms with Crippen LogP contribution in [0.5, 0.6) is 0 Å². The van der Waals surface area contributed by atoms with Crippen LogP contribution >= 0.6 is 12.2 Å². The summed E-state index contributed by atoms with van der Waals surface area (Å²) in [5, 5.41) is 4.29. The van der Waals surface area contributed by atoms with Crippen LogP contribution in [-0.2, 0) is 6.54 Å². The molecule has 4 aromatic rings. The van der Waals surface area contributed by atoms with E-state index in [2.05, 4.69) is 94.1 Å². The van der Waals surface area contributed by atoms with E-state index in [-0.39, 0.29) is 12.1 Å². The van der Waals surface area contributed by atoms with Gasteiger partial charge in [-0.05, 0) is 92.1 Å². The van der Waals surface area contributed by atoms with Gasteiger partial charge in [-0.2, -0.15) is 0 Å². The first-order valence-electron chi connectivity index (χ1n) is 11.2. The molecule has 1 saturated heterocycles. The van der Waals surface area contributed by atoms with Crippen molar-refractivity contribution < 1.29 is 0 Å². The predicted molar refractivity (Wildman–Crippen MR) is 136 cm³/mol. The van der Waals surface area contributed by atoms with Crippen LogP contribution < -0.4 is 10.2 Å². The van der Waals surface area contributed by atoms with Crippen LogP contribution in [0.15, 0.2) is 79.3 Å². The number of thiocarbonyl (C=S) groups is 1. The largest absolute Gasteiger partial charge is 0.351 e. The van der Waals surface area contributed by atoms with Gasteiger partial charge in [0.1, 0.15) is 0 Å². The van der Waals surface area contributed by atoms with Crippen molar-refractivity contribution in [3.63, 3.8) is 0 Å². The highest BCUT2D eigenvalue weighted by Gasteiger charge is 2.42. The summed E-state index contributed by atoms with van der Waals surface area (Å²) in [5.74, 6) is 0. The number of anilines is 1. The zero-order chi connectivity index (χ0) is 22.9. The third kappa shape index (κ3) is 4.02. The topological polar surface area (TPSA) is 46.0 Å². The maximum absolute atomic E-state index is 5.88. The smallest absolute Gasteiger partial charge is 0.174 e. The van der Waals surface area contributed by atoms with E-state index in [1.54, 1.807) is 0 Å². The predicted octanol–water partition coefficient (Wildman–Crippen LogP) is 5.43. The Morgan fingerprint density at radius 1 is 0.939 bits per heavy atom. The van der Waals surface area contributed by atoms with Crippen molar-refractivity contribution in [3.8, 4) is 0 Å². The summed E-state index contributed by atoms with van der Waals surface area (Å²) in [4.78, 5) is 11.1. The minimum atomic E-state index is -0.0471. The number of benzene rings is 1. The lowest BCUT2D eigenvalue weighted by atomic mass is 9.96. The van der Waals surface area contributed by atoms with Gasteiger partial charge >= 0.3 is 0 Å². The number of rotatable bonds is 5. The highest BCUT2D eigenvalue weighted by Crippen LogP contribution is 2.43. The second-order valence-corrected chi connectivity index (χ2v) is 8.99. The Morgan fingerprint density at radius 3 is 2.48 bits per heavy atom. The number of hydrogen-bond donors (Lipinski definition) is 1. The van der Waals surface area contributed by atoms with Gasteiger partial charge in [0.05, 0.1) is 17.8 Å². The summed E-state index contributed by atoms with van der Waals surface area (Å²) in [5.41, 5.74) is 8.23. The van der Waals surface area contributed by atoms with Crippen molar-refractivity contribution in [3.05, 3.63) is 113 Å². The second-order valence-electron chi connectivity index (χ2n) is 8.60. The molecule has 0 amide bonds. The number of aryl methyl sites for hydroxylation is 2. The van der Waals surface area contributed by atoms with E-state index in [4.69, 9.17) is 12.2 Å². The van der Waals surface area contributed by atoms with Crippen LogP contribution in [0.2, 0.25) is 0 Å². The molecule has 1 N–H and O–H groups in total. The van der Waals surface area contributed by atoms with Crippen molar-refractivity contribution in [2.75, 3.05) is 4.90 Å². The molecule has 5 rings (SSSR count). The average Bonchev–Trinajstić information content (AvgIpc) is 3.31. The van der Waals surface area contributed by atoms with Crippen LogP contribution in [0, 0.1) is 20.8 Å². The molecule has 2 unspecified atom stereocenters. The third-order valence-electron chi connectivity index (χ3n) is 6.40. The molecule has 33 heavy (non-hydrogen) atoms. The van der Waals surface area contributed by atoms with E-state index in [1.807, 2.05) is 30.7 Å². The van der Waals surface area contributed by atoms with Crippen molar-refractivity contribution >= 4 is 23.0 Å². The monoisotopic (exact) mass is 453 g/mol. The Balaban J connectivity index is 1.63. The molecule has 0 aliphatic carbocycles. The fourth-order valence-corrected chi connectivity index (χ4v) is 5.11. The number of nitrogens with zero attached hydrogens (tertiary/aromatic N) is 4. The van der Waals surface area contributed by atoms with Gasteiger partial charge in [-0.1, -0.05) is 18.2 Å². The van der Waals surface area contributed by atoms with Crippen LogP contribution in [0.1, 0.15) is 45.9 Å². The van der Waals surface area contributed by atoms with Crippen LogP contribution in [-0.4, -0.2) is 19.6 Å². The van der Waals surface area contributed by atoms with Crippen molar-refractivity contribution in [1.82, 2.24) is 19.9 Å². The first kappa shape index (κ1) is 21.3. The molecule has 1 fully saturated rings. The van der Waals surface area contributed by atoms with Gasteiger partial charge in [-0.25, -0.2) is 0 Å². The molecule has 6 heteroatoms. The summed E-state index contributed by atoms with van der Waals surface area (Å²) in [6.07, 6.45) is 5.54. The van der Waals surface area contributed by atoms with Gasteiger partial charge in [-0.3, -0.25) is 9.97 Å². The molecule has 0 radical (unpaired) electrons. The molecular formula is C27H27N5S. The number of aromatic nitrogens is 3. The third-order valence-corrected chi connectivity index (χ3v) is 6.71. The van der Waals surface area contributed by atoms with Gasteiger partial charge in [-0.15, -0.1) is 0 Å². The molecule has 0 saturated carbocycles. The molecule has 4 heterocycles. The Hall–Kier alpha value is -3.51. The Morgan fingerprint density at radius 2 is 1.76 bits per heavy atom. The molecule has 2 atom stereocenters. The van der Waals surface area contributed by atoms with E-state index in [0.717, 1.165) is 23.0 Å². The summed E-state index contributed by atoms with van der Waals surface area (Å²) in [6, 6.07) is 21.0. The minimum absolute atomic E-state index is 0.00779. The van der Waals surface area contributed by atoms with Crippen molar-refractivity contribution in [2.24, 2.45) is 0 Å². The Labute approximate surface area is 200 Å². The highest BCUT2D eigenvalue weighted by atomic mass is 32.1. The lowest BCUT2D eigenvalue weighted by Gasteiger charge is -2.28. The second kappa shape index (κ2) is 8.79. The first-order valence-corrected chi connectivity index (χ1v) is 11.6. The number of hydrogen-bond acceptors (Lipinski definition) is 3. The Bertz CT molecular complexity index is 1280. The Kier molecular flexibility index (Phi) is 5.68. The van der Waals surface area contributed by atoms with Crippen molar-refractivity contribution in [1.29, 1.82) is 0 Å². The normalized spacial score (nSPS) is 17.9. The molecule has 5 nitrogen and oxygen atoms in total. The van der Waals surface area contributed by atoms with E-state index in [9.17, 15) is 0 Å². The van der Waals surface area contributed by atoms with E-state index in [0.29, 0.717) is 0 Å². The fraction of sp³-hybridized carbons (Fsp3) is 0.222. The maximum Gasteiger partial charge on any atom is 0.174 e. The summed E-state index contributed by atoms with van der Waals surface area (Å²) in [6.45, 7) is 7.30. The molecule has 1 aliphatic heterocycles. The SMILES string of the molecule is Cc1cccc(N2C(=S)NC(c3ccccn3)C2c2cc(C)n(Cc3ccncc3)c2C)c1. The minimum Gasteiger partial charge on any atom is -0.351 e.